The van der Waals surface area contributed by atoms with Crippen molar-refractivity contribution < 1.29 is 9.53 Å². The monoisotopic (exact) mass is 685 g/mol. The number of nitrogens with zero attached hydrogens (tertiary/aromatic N) is 2. The van der Waals surface area contributed by atoms with E-state index >= 15 is 0 Å². The molecule has 49 heavy (non-hydrogen) atoms. The van der Waals surface area contributed by atoms with Crippen LogP contribution in [0.25, 0.3) is 0 Å². The Hall–Kier alpha value is -1.65. The van der Waals surface area contributed by atoms with E-state index in [2.05, 4.69) is 72.3 Å². The standard InChI is InChI=1S/C45H84N2O2/c1-5-7-9-11-13-15-17-19-21-23-25-27-29-31-33-35-41-47(43-38-44-49-45(48)39-37-40-46(3)4)42-36-34-32-30-28-26-24-22-20-18-16-14-12-10-8-6-2/h13-16,19-22H,5-12,17-18,23-44H2,1-4H3/b15-13-,16-14-,21-19-,22-20-. The van der Waals surface area contributed by atoms with E-state index < -0.39 is 0 Å². The van der Waals surface area contributed by atoms with Gasteiger partial charge in [-0.3, -0.25) is 4.79 Å². The van der Waals surface area contributed by atoms with Crippen molar-refractivity contribution in [2.75, 3.05) is 46.9 Å². The number of ether oxygens (including phenoxy) is 1. The van der Waals surface area contributed by atoms with Gasteiger partial charge in [0.15, 0.2) is 0 Å². The molecule has 0 amide bonds. The molecule has 0 radical (unpaired) electrons. The molecular formula is C45H84N2O2. The van der Waals surface area contributed by atoms with Gasteiger partial charge in [-0.1, -0.05) is 140 Å². The molecule has 0 unspecified atom stereocenters. The largest absolute Gasteiger partial charge is 0.466 e. The van der Waals surface area contributed by atoms with Crippen LogP contribution in [-0.4, -0.2) is 62.7 Å². The molecule has 0 saturated heterocycles. The van der Waals surface area contributed by atoms with Gasteiger partial charge in [0, 0.05) is 13.0 Å². The van der Waals surface area contributed by atoms with E-state index in [-0.39, 0.29) is 5.97 Å². The molecule has 0 spiro atoms. The number of hydrogen-bond donors (Lipinski definition) is 0. The highest BCUT2D eigenvalue weighted by molar-refractivity contribution is 5.69. The molecular weight excluding hydrogens is 601 g/mol. The van der Waals surface area contributed by atoms with Gasteiger partial charge in [0.25, 0.3) is 0 Å². The van der Waals surface area contributed by atoms with Gasteiger partial charge in [0.05, 0.1) is 6.61 Å². The molecule has 0 aliphatic rings. The minimum absolute atomic E-state index is 0.0383. The fourth-order valence-corrected chi connectivity index (χ4v) is 6.07. The first-order valence-electron chi connectivity index (χ1n) is 21.2. The average Bonchev–Trinajstić information content (AvgIpc) is 3.09. The minimum Gasteiger partial charge on any atom is -0.466 e. The van der Waals surface area contributed by atoms with E-state index in [1.807, 2.05) is 14.1 Å². The lowest BCUT2D eigenvalue weighted by atomic mass is 10.1. The molecule has 4 heteroatoms. The molecule has 0 aliphatic heterocycles. The van der Waals surface area contributed by atoms with Gasteiger partial charge in [0.2, 0.25) is 0 Å². The lowest BCUT2D eigenvalue weighted by Crippen LogP contribution is -2.28. The summed E-state index contributed by atoms with van der Waals surface area (Å²) in [5.41, 5.74) is 0. The van der Waals surface area contributed by atoms with Crippen molar-refractivity contribution in [3.05, 3.63) is 48.6 Å². The second-order valence-corrected chi connectivity index (χ2v) is 14.5. The van der Waals surface area contributed by atoms with Crippen LogP contribution in [0.5, 0.6) is 0 Å². The van der Waals surface area contributed by atoms with Crippen molar-refractivity contribution in [1.29, 1.82) is 0 Å². The minimum atomic E-state index is -0.0383. The maximum atomic E-state index is 12.1. The molecule has 286 valence electrons. The number of unbranched alkanes of at least 4 members (excludes halogenated alkanes) is 18. The predicted octanol–water partition coefficient (Wildman–Crippen LogP) is 13.2. The summed E-state index contributed by atoms with van der Waals surface area (Å²) in [6, 6.07) is 0. The summed E-state index contributed by atoms with van der Waals surface area (Å²) >= 11 is 0. The van der Waals surface area contributed by atoms with E-state index in [1.165, 1.54) is 154 Å². The Bertz CT molecular complexity index is 737. The Balaban J connectivity index is 4.09. The SMILES string of the molecule is CCCCC/C=C\C/C=C\CCCCCCCCN(CCCCCCCC/C=C\C/C=C\CCCCC)CCCOC(=O)CCCN(C)C. The molecule has 0 aliphatic carbocycles. The number of carbonyl (C=O) groups is 1. The third kappa shape index (κ3) is 40.7. The third-order valence-corrected chi connectivity index (χ3v) is 9.22. The van der Waals surface area contributed by atoms with Gasteiger partial charge in [-0.25, -0.2) is 0 Å². The van der Waals surface area contributed by atoms with Crippen LogP contribution in [0.15, 0.2) is 48.6 Å². The molecule has 0 aromatic heterocycles. The summed E-state index contributed by atoms with van der Waals surface area (Å²) in [7, 11) is 4.09. The number of allylic oxidation sites excluding steroid dienone is 8. The van der Waals surface area contributed by atoms with Crippen LogP contribution >= 0.6 is 0 Å². The summed E-state index contributed by atoms with van der Waals surface area (Å²) in [5, 5.41) is 0. The molecule has 0 fully saturated rings. The zero-order chi connectivity index (χ0) is 35.7. The van der Waals surface area contributed by atoms with Crippen LogP contribution in [0.3, 0.4) is 0 Å². The normalized spacial score (nSPS) is 12.4. The van der Waals surface area contributed by atoms with Gasteiger partial charge < -0.3 is 14.5 Å². The Morgan fingerprint density at radius 2 is 0.837 bits per heavy atom. The topological polar surface area (TPSA) is 32.8 Å². The zero-order valence-corrected chi connectivity index (χ0v) is 33.5. The number of carbonyl (C=O) groups excluding carboxylic acids is 1. The third-order valence-electron chi connectivity index (χ3n) is 9.22. The lowest BCUT2D eigenvalue weighted by Gasteiger charge is -2.22. The lowest BCUT2D eigenvalue weighted by molar-refractivity contribution is -0.144. The molecule has 0 aromatic carbocycles. The fourth-order valence-electron chi connectivity index (χ4n) is 6.07. The maximum absolute atomic E-state index is 12.1. The van der Waals surface area contributed by atoms with Gasteiger partial charge in [-0.15, -0.1) is 0 Å². The van der Waals surface area contributed by atoms with Gasteiger partial charge >= 0.3 is 5.97 Å². The quantitative estimate of drug-likeness (QED) is 0.0368. The van der Waals surface area contributed by atoms with Crippen LogP contribution < -0.4 is 0 Å². The van der Waals surface area contributed by atoms with Crippen LogP contribution in [0.4, 0.5) is 0 Å². The van der Waals surface area contributed by atoms with Gasteiger partial charge in [-0.05, 0) is 124 Å². The van der Waals surface area contributed by atoms with E-state index in [0.29, 0.717) is 13.0 Å². The Kier molecular flexibility index (Phi) is 39.4. The van der Waals surface area contributed by atoms with Crippen molar-refractivity contribution in [2.24, 2.45) is 0 Å². The van der Waals surface area contributed by atoms with Crippen molar-refractivity contribution in [1.82, 2.24) is 9.80 Å². The summed E-state index contributed by atoms with van der Waals surface area (Å²) in [6.45, 7) is 9.45. The van der Waals surface area contributed by atoms with E-state index in [1.54, 1.807) is 0 Å². The predicted molar refractivity (Wildman–Crippen MR) is 219 cm³/mol. The summed E-state index contributed by atoms with van der Waals surface area (Å²) in [6.07, 6.45) is 52.3. The number of esters is 1. The molecule has 0 rings (SSSR count). The highest BCUT2D eigenvalue weighted by Crippen LogP contribution is 2.12. The van der Waals surface area contributed by atoms with Gasteiger partial charge in [0.1, 0.15) is 0 Å². The smallest absolute Gasteiger partial charge is 0.305 e. The van der Waals surface area contributed by atoms with Crippen LogP contribution in [-0.2, 0) is 9.53 Å². The molecule has 0 atom stereocenters. The van der Waals surface area contributed by atoms with Crippen molar-refractivity contribution in [3.8, 4) is 0 Å². The van der Waals surface area contributed by atoms with Crippen LogP contribution in [0.2, 0.25) is 0 Å². The van der Waals surface area contributed by atoms with E-state index in [4.69, 9.17) is 4.74 Å². The summed E-state index contributed by atoms with van der Waals surface area (Å²) < 4.78 is 5.54. The first-order chi connectivity index (χ1) is 24.1. The highest BCUT2D eigenvalue weighted by Gasteiger charge is 2.07. The second kappa shape index (κ2) is 40.8. The van der Waals surface area contributed by atoms with Crippen molar-refractivity contribution in [3.63, 3.8) is 0 Å². The van der Waals surface area contributed by atoms with Crippen LogP contribution in [0, 0.1) is 0 Å². The number of rotatable bonds is 38. The maximum Gasteiger partial charge on any atom is 0.305 e. The molecule has 4 nitrogen and oxygen atoms in total. The Morgan fingerprint density at radius 1 is 0.449 bits per heavy atom. The first-order valence-corrected chi connectivity index (χ1v) is 21.2. The number of hydrogen-bond acceptors (Lipinski definition) is 4. The second-order valence-electron chi connectivity index (χ2n) is 14.5. The molecule has 0 bridgehead atoms. The average molecular weight is 685 g/mol. The molecule has 0 N–H and O–H groups in total. The van der Waals surface area contributed by atoms with Crippen LogP contribution in [0.1, 0.15) is 187 Å². The Morgan fingerprint density at radius 3 is 1.27 bits per heavy atom. The summed E-state index contributed by atoms with van der Waals surface area (Å²) in [4.78, 5) is 16.8. The highest BCUT2D eigenvalue weighted by atomic mass is 16.5. The summed E-state index contributed by atoms with van der Waals surface area (Å²) in [5.74, 6) is -0.0383. The van der Waals surface area contributed by atoms with Crippen molar-refractivity contribution in [2.45, 2.75) is 187 Å². The fraction of sp³-hybridized carbons (Fsp3) is 0.800. The van der Waals surface area contributed by atoms with E-state index in [9.17, 15) is 4.79 Å². The Labute approximate surface area is 307 Å². The molecule has 0 saturated carbocycles. The first kappa shape index (κ1) is 47.4. The van der Waals surface area contributed by atoms with E-state index in [0.717, 1.165) is 38.8 Å². The molecule has 0 aromatic rings. The van der Waals surface area contributed by atoms with Crippen molar-refractivity contribution >= 4 is 5.97 Å². The van der Waals surface area contributed by atoms with Gasteiger partial charge in [-0.2, -0.15) is 0 Å². The molecule has 0 heterocycles. The zero-order valence-electron chi connectivity index (χ0n) is 33.5.